The molecule has 0 unspecified atom stereocenters. The van der Waals surface area contributed by atoms with E-state index in [4.69, 9.17) is 51.8 Å². The van der Waals surface area contributed by atoms with Gasteiger partial charge in [-0.1, -0.05) is 19.7 Å². The maximum atomic E-state index is 13.1. The molecule has 0 bridgehead atoms. The molecule has 5 aromatic carbocycles. The molecule has 3 aromatic heterocycles. The molecule has 550 valence electrons. The van der Waals surface area contributed by atoms with Gasteiger partial charge in [0.05, 0.1) is 75.1 Å². The highest BCUT2D eigenvalue weighted by Crippen LogP contribution is 2.30. The second kappa shape index (κ2) is 48.7. The van der Waals surface area contributed by atoms with Crippen molar-refractivity contribution >= 4 is 53.7 Å². The normalized spacial score (nSPS) is 11.1. The monoisotopic (exact) mass is 1430 g/mol. The van der Waals surface area contributed by atoms with Crippen LogP contribution in [0.25, 0.3) is 0 Å². The SMILES string of the molecule is C=CC(=O)OCCCCCCOc1ccc(C(=O)O)cc1.C=CC(=O)OCCCCCCOc1ccc(C(=O)Oc2ccc(OC(=O)c3ccc(OCCCCCCOC(=O)C=C)cc3)c(Cc3ccco3)c2)cc1.O=C1CCC(=O)CC1.O=Cc1ccco1.Oc1ccc(O)c(Cc2ccco2)c1. The van der Waals surface area contributed by atoms with Gasteiger partial charge < -0.3 is 66.5 Å². The average Bonchev–Trinajstić information content (AvgIpc) is 1.25. The number of aromatic carboxylic acids is 1. The molecule has 104 heavy (non-hydrogen) atoms. The fourth-order valence-electron chi connectivity index (χ4n) is 9.27. The molecule has 1 aliphatic carbocycles. The van der Waals surface area contributed by atoms with Crippen LogP contribution in [0.2, 0.25) is 0 Å². The summed E-state index contributed by atoms with van der Waals surface area (Å²) >= 11 is 0. The van der Waals surface area contributed by atoms with Crippen molar-refractivity contribution in [3.05, 3.63) is 247 Å². The van der Waals surface area contributed by atoms with Crippen LogP contribution in [-0.4, -0.2) is 109 Å². The highest BCUT2D eigenvalue weighted by Gasteiger charge is 2.18. The molecular weight excluding hydrogens is 1340 g/mol. The van der Waals surface area contributed by atoms with Crippen molar-refractivity contribution in [1.82, 2.24) is 0 Å². The molecule has 0 aliphatic heterocycles. The Hall–Kier alpha value is -12.0. The molecule has 0 spiro atoms. The Morgan fingerprint density at radius 1 is 0.413 bits per heavy atom. The molecule has 0 amide bonds. The van der Waals surface area contributed by atoms with Crippen molar-refractivity contribution in [2.24, 2.45) is 0 Å². The lowest BCUT2D eigenvalue weighted by molar-refractivity contribution is -0.138. The Morgan fingerprint density at radius 3 is 1.17 bits per heavy atom. The Balaban J connectivity index is 0.000000309. The molecule has 1 saturated carbocycles. The number of carboxylic acid groups (broad SMARTS) is 1. The number of esters is 5. The van der Waals surface area contributed by atoms with Crippen LogP contribution in [-0.2, 0) is 51.0 Å². The molecular formula is C81H88O23. The van der Waals surface area contributed by atoms with E-state index in [9.17, 15) is 53.4 Å². The van der Waals surface area contributed by atoms with Crippen LogP contribution in [0, 0.1) is 0 Å². The highest BCUT2D eigenvalue weighted by molar-refractivity contribution is 5.93. The molecule has 8 aromatic rings. The van der Waals surface area contributed by atoms with Gasteiger partial charge in [-0.3, -0.25) is 14.4 Å². The number of ether oxygens (including phenoxy) is 8. The first kappa shape index (κ1) is 82.7. The lowest BCUT2D eigenvalue weighted by Crippen LogP contribution is -2.12. The number of hydrogen-bond donors (Lipinski definition) is 3. The largest absolute Gasteiger partial charge is 0.508 e. The minimum absolute atomic E-state index is 0.143. The van der Waals surface area contributed by atoms with Crippen molar-refractivity contribution in [3.8, 4) is 40.2 Å². The summed E-state index contributed by atoms with van der Waals surface area (Å²) in [6.45, 7) is 12.9. The van der Waals surface area contributed by atoms with Gasteiger partial charge in [0.1, 0.15) is 63.3 Å². The Bertz CT molecular complexity index is 3880. The number of hydrogen-bond acceptors (Lipinski definition) is 22. The predicted molar refractivity (Wildman–Crippen MR) is 383 cm³/mol. The number of carbonyl (C=O) groups excluding carboxylic acids is 8. The summed E-state index contributed by atoms with van der Waals surface area (Å²) in [6, 6.07) is 39.4. The van der Waals surface area contributed by atoms with Crippen molar-refractivity contribution in [1.29, 1.82) is 0 Å². The number of ketones is 2. The summed E-state index contributed by atoms with van der Waals surface area (Å²) in [5.74, 6) is 1.80. The number of aromatic hydroxyl groups is 2. The number of rotatable bonds is 37. The first-order valence-electron chi connectivity index (χ1n) is 33.9. The van der Waals surface area contributed by atoms with Crippen LogP contribution in [0.5, 0.6) is 40.2 Å². The maximum absolute atomic E-state index is 13.1. The number of phenolic OH excluding ortho intramolecular Hbond substituents is 2. The van der Waals surface area contributed by atoms with Gasteiger partial charge in [-0.15, -0.1) is 0 Å². The van der Waals surface area contributed by atoms with Gasteiger partial charge in [0.25, 0.3) is 0 Å². The van der Waals surface area contributed by atoms with Gasteiger partial charge in [0.15, 0.2) is 12.0 Å². The van der Waals surface area contributed by atoms with Gasteiger partial charge in [-0.25, -0.2) is 28.8 Å². The molecule has 3 N–H and O–H groups in total. The van der Waals surface area contributed by atoms with E-state index in [1.165, 1.54) is 36.6 Å². The van der Waals surface area contributed by atoms with Crippen LogP contribution in [0.1, 0.15) is 167 Å². The summed E-state index contributed by atoms with van der Waals surface area (Å²) in [7, 11) is 0. The summed E-state index contributed by atoms with van der Waals surface area (Å²) in [5.41, 5.74) is 2.17. The van der Waals surface area contributed by atoms with E-state index in [2.05, 4.69) is 24.2 Å². The fourth-order valence-corrected chi connectivity index (χ4v) is 9.27. The third-order valence-electron chi connectivity index (χ3n) is 14.9. The minimum Gasteiger partial charge on any atom is -0.508 e. The molecule has 23 heteroatoms. The molecule has 23 nitrogen and oxygen atoms in total. The maximum Gasteiger partial charge on any atom is 0.343 e. The molecule has 9 rings (SSSR count). The lowest BCUT2D eigenvalue weighted by Gasteiger charge is -2.13. The number of phenols is 2. The van der Waals surface area contributed by atoms with E-state index in [-0.39, 0.29) is 40.3 Å². The first-order chi connectivity index (χ1) is 50.4. The summed E-state index contributed by atoms with van der Waals surface area (Å²) in [4.78, 5) is 100. The van der Waals surface area contributed by atoms with Crippen LogP contribution < -0.4 is 23.7 Å². The fraction of sp³-hybridized carbons (Fsp3) is 0.296. The average molecular weight is 1430 g/mol. The van der Waals surface area contributed by atoms with Crippen molar-refractivity contribution < 1.29 is 110 Å². The highest BCUT2D eigenvalue weighted by atomic mass is 16.6. The second-order valence-corrected chi connectivity index (χ2v) is 22.9. The van der Waals surface area contributed by atoms with E-state index >= 15 is 0 Å². The topological polar surface area (TPSA) is 328 Å². The Kier molecular flexibility index (Phi) is 38.7. The zero-order valence-electron chi connectivity index (χ0n) is 58.0. The second-order valence-electron chi connectivity index (χ2n) is 22.9. The smallest absolute Gasteiger partial charge is 0.343 e. The third-order valence-corrected chi connectivity index (χ3v) is 14.9. The quantitative estimate of drug-likeness (QED) is 0.00619. The van der Waals surface area contributed by atoms with Gasteiger partial charge in [0, 0.05) is 67.9 Å². The molecule has 0 atom stereocenters. The molecule has 1 fully saturated rings. The van der Waals surface area contributed by atoms with Crippen molar-refractivity contribution in [3.63, 3.8) is 0 Å². The number of carboxylic acids is 1. The zero-order valence-corrected chi connectivity index (χ0v) is 58.0. The number of benzene rings is 5. The van der Waals surface area contributed by atoms with Gasteiger partial charge in [-0.2, -0.15) is 0 Å². The summed E-state index contributed by atoms with van der Waals surface area (Å²) < 4.78 is 58.6. The van der Waals surface area contributed by atoms with E-state index in [1.54, 1.807) is 122 Å². The number of furan rings is 3. The molecule has 1 aliphatic rings. The van der Waals surface area contributed by atoms with Crippen LogP contribution in [0.15, 0.2) is 216 Å². The van der Waals surface area contributed by atoms with Gasteiger partial charge >= 0.3 is 35.8 Å². The predicted octanol–water partition coefficient (Wildman–Crippen LogP) is 15.8. The Morgan fingerprint density at radius 2 is 0.798 bits per heavy atom. The molecule has 0 saturated heterocycles. The number of unbranched alkanes of at least 4 members (excludes halogenated alkanes) is 9. The third kappa shape index (κ3) is 34.4. The number of Topliss-reactive ketones (excluding diaryl/α,β-unsaturated/α-hetero) is 2. The van der Waals surface area contributed by atoms with Crippen molar-refractivity contribution in [2.45, 2.75) is 116 Å². The minimum atomic E-state index is -0.946. The van der Waals surface area contributed by atoms with Gasteiger partial charge in [-0.05, 0) is 223 Å². The Labute approximate surface area is 603 Å². The molecule has 3 heterocycles. The van der Waals surface area contributed by atoms with E-state index in [0.717, 1.165) is 101 Å². The number of aldehydes is 1. The lowest BCUT2D eigenvalue weighted by atomic mass is 9.98. The van der Waals surface area contributed by atoms with Crippen LogP contribution in [0.4, 0.5) is 0 Å². The van der Waals surface area contributed by atoms with E-state index in [0.29, 0.717) is 141 Å². The van der Waals surface area contributed by atoms with Gasteiger partial charge in [0.2, 0.25) is 0 Å². The summed E-state index contributed by atoms with van der Waals surface area (Å²) in [5, 5.41) is 27.5. The standard InChI is InChI=1S/C43H46O11.C16H20O5.C11H10O3.C6H8O2.C5H4O2/c1-3-40(44)51-27-11-7-5-9-25-48-35-19-15-32(16-20-35)42(46)53-38-23-24-39(34(31-38)30-37-14-13-29-50-37)54-43(47)33-17-21-36(22-18-33)49-26-10-6-8-12-28-52-41(45)4-2;1-2-15(17)21-12-6-4-3-5-11-20-14-9-7-13(8-10-14)16(18)19;12-9-3-4-11(13)8(6-9)7-10-2-1-5-14-10;7-5-1-2-6(8)4-3-5;6-4-5-2-1-3-7-5/h3-4,13-24,29,31H,1-2,5-12,25-28,30H2;2,7-10H,1,3-6,11-12H2,(H,18,19);1-6,12-13H,7H2;1-4H2;1-4H. The summed E-state index contributed by atoms with van der Waals surface area (Å²) in [6.07, 6.45) is 22.0. The van der Waals surface area contributed by atoms with Crippen molar-refractivity contribution in [2.75, 3.05) is 39.6 Å². The van der Waals surface area contributed by atoms with E-state index < -0.39 is 29.8 Å². The van der Waals surface area contributed by atoms with E-state index in [1.807, 2.05) is 6.07 Å². The zero-order chi connectivity index (χ0) is 74.9. The van der Waals surface area contributed by atoms with Crippen LogP contribution in [0.3, 0.4) is 0 Å². The van der Waals surface area contributed by atoms with Crippen LogP contribution >= 0.6 is 0 Å². The molecule has 0 radical (unpaired) electrons. The first-order valence-corrected chi connectivity index (χ1v) is 33.9. The number of carbonyl (C=O) groups is 9.